The summed E-state index contributed by atoms with van der Waals surface area (Å²) >= 11 is 0. The van der Waals surface area contributed by atoms with Gasteiger partial charge in [0.15, 0.2) is 0 Å². The van der Waals surface area contributed by atoms with Crippen LogP contribution >= 0.6 is 0 Å². The fraction of sp³-hybridized carbons (Fsp3) is 0.417. The van der Waals surface area contributed by atoms with E-state index in [-0.39, 0.29) is 5.41 Å². The van der Waals surface area contributed by atoms with Crippen LogP contribution in [0.2, 0.25) is 0 Å². The lowest BCUT2D eigenvalue weighted by atomic mass is 9.81. The van der Waals surface area contributed by atoms with Crippen LogP contribution in [-0.2, 0) is 5.41 Å². The van der Waals surface area contributed by atoms with Crippen molar-refractivity contribution in [3.63, 3.8) is 0 Å². The maximum absolute atomic E-state index is 4.34. The molecule has 0 bridgehead atoms. The van der Waals surface area contributed by atoms with E-state index in [0.29, 0.717) is 0 Å². The van der Waals surface area contributed by atoms with E-state index in [1.165, 1.54) is 31.2 Å². The molecule has 0 spiro atoms. The van der Waals surface area contributed by atoms with Crippen LogP contribution < -0.4 is 0 Å². The van der Waals surface area contributed by atoms with Gasteiger partial charge >= 0.3 is 0 Å². The van der Waals surface area contributed by atoms with Crippen LogP contribution in [0.5, 0.6) is 0 Å². The van der Waals surface area contributed by atoms with Crippen molar-refractivity contribution in [1.29, 1.82) is 0 Å². The highest BCUT2D eigenvalue weighted by atomic mass is 14.3. The number of rotatable bonds is 1. The van der Waals surface area contributed by atoms with E-state index in [4.69, 9.17) is 0 Å². The summed E-state index contributed by atoms with van der Waals surface area (Å²) in [5, 5.41) is 0. The lowest BCUT2D eigenvalue weighted by molar-refractivity contribution is 0.553. The third-order valence-electron chi connectivity index (χ3n) is 2.95. The highest BCUT2D eigenvalue weighted by molar-refractivity contribution is 5.27. The minimum Gasteiger partial charge on any atom is -0.0622 e. The average Bonchev–Trinajstić information content (AvgIpc) is 2.55. The van der Waals surface area contributed by atoms with Gasteiger partial charge in [0.25, 0.3) is 0 Å². The smallest absolute Gasteiger partial charge is 0.00466 e. The molecule has 0 N–H and O–H groups in total. The van der Waals surface area contributed by atoms with Gasteiger partial charge in [-0.2, -0.15) is 0 Å². The molecule has 0 amide bonds. The van der Waals surface area contributed by atoms with Gasteiger partial charge in [0, 0.05) is 0 Å². The van der Waals surface area contributed by atoms with Gasteiger partial charge in [0.1, 0.15) is 0 Å². The average molecular weight is 159 g/mol. The Bertz CT molecular complexity index is 242. The standard InChI is InChI=1S/C12H15/c1-12(9-5-6-10-12)11-7-3-2-4-8-11/h2-4,7-8H,1,5-6,9-10H2. The van der Waals surface area contributed by atoms with Gasteiger partial charge in [-0.3, -0.25) is 0 Å². The van der Waals surface area contributed by atoms with E-state index in [1.54, 1.807) is 0 Å². The molecule has 12 heavy (non-hydrogen) atoms. The van der Waals surface area contributed by atoms with Crippen molar-refractivity contribution in [3.8, 4) is 0 Å². The zero-order chi connectivity index (χ0) is 8.44. The third-order valence-corrected chi connectivity index (χ3v) is 2.95. The van der Waals surface area contributed by atoms with Gasteiger partial charge in [0.2, 0.25) is 0 Å². The van der Waals surface area contributed by atoms with Crippen molar-refractivity contribution in [2.45, 2.75) is 31.1 Å². The second-order valence-electron chi connectivity index (χ2n) is 3.85. The van der Waals surface area contributed by atoms with E-state index in [2.05, 4.69) is 37.3 Å². The summed E-state index contributed by atoms with van der Waals surface area (Å²) in [4.78, 5) is 0. The summed E-state index contributed by atoms with van der Waals surface area (Å²) in [7, 11) is 0. The first-order chi connectivity index (χ1) is 5.81. The van der Waals surface area contributed by atoms with Crippen molar-refractivity contribution in [1.82, 2.24) is 0 Å². The normalized spacial score (nSPS) is 21.1. The lowest BCUT2D eigenvalue weighted by Crippen LogP contribution is -2.16. The monoisotopic (exact) mass is 159 g/mol. The quantitative estimate of drug-likeness (QED) is 0.589. The molecule has 1 aliphatic carbocycles. The molecule has 1 radical (unpaired) electrons. The Morgan fingerprint density at radius 2 is 1.58 bits per heavy atom. The molecular formula is C12H15. The fourth-order valence-corrected chi connectivity index (χ4v) is 2.13. The molecule has 0 heterocycles. The molecule has 1 fully saturated rings. The van der Waals surface area contributed by atoms with Crippen LogP contribution in [-0.4, -0.2) is 0 Å². The molecule has 0 heteroatoms. The second-order valence-corrected chi connectivity index (χ2v) is 3.85. The SMILES string of the molecule is [CH2]C1(c2ccccc2)CCCC1. The van der Waals surface area contributed by atoms with Gasteiger partial charge < -0.3 is 0 Å². The van der Waals surface area contributed by atoms with Crippen molar-refractivity contribution in [3.05, 3.63) is 42.8 Å². The minimum absolute atomic E-state index is 0.237. The number of hydrogen-bond acceptors (Lipinski definition) is 0. The molecule has 2 rings (SSSR count). The summed E-state index contributed by atoms with van der Waals surface area (Å²) < 4.78 is 0. The second kappa shape index (κ2) is 2.93. The summed E-state index contributed by atoms with van der Waals surface area (Å²) in [6, 6.07) is 10.7. The topological polar surface area (TPSA) is 0 Å². The Morgan fingerprint density at radius 1 is 1.00 bits per heavy atom. The first kappa shape index (κ1) is 7.85. The summed E-state index contributed by atoms with van der Waals surface area (Å²) in [5.41, 5.74) is 1.66. The highest BCUT2D eigenvalue weighted by Crippen LogP contribution is 2.39. The Morgan fingerprint density at radius 3 is 2.17 bits per heavy atom. The van der Waals surface area contributed by atoms with E-state index >= 15 is 0 Å². The Balaban J connectivity index is 2.29. The summed E-state index contributed by atoms with van der Waals surface area (Å²) in [6.45, 7) is 4.34. The molecule has 0 aliphatic heterocycles. The fourth-order valence-electron chi connectivity index (χ4n) is 2.13. The molecule has 1 aromatic carbocycles. The molecule has 0 nitrogen and oxygen atoms in total. The van der Waals surface area contributed by atoms with E-state index in [0.717, 1.165) is 0 Å². The van der Waals surface area contributed by atoms with Crippen LogP contribution in [0.15, 0.2) is 30.3 Å². The lowest BCUT2D eigenvalue weighted by Gasteiger charge is -2.23. The van der Waals surface area contributed by atoms with Gasteiger partial charge in [-0.15, -0.1) is 0 Å². The molecule has 1 saturated carbocycles. The highest BCUT2D eigenvalue weighted by Gasteiger charge is 2.29. The van der Waals surface area contributed by atoms with Crippen molar-refractivity contribution < 1.29 is 0 Å². The zero-order valence-electron chi connectivity index (χ0n) is 7.42. The van der Waals surface area contributed by atoms with Crippen LogP contribution in [0.1, 0.15) is 31.2 Å². The number of benzene rings is 1. The maximum atomic E-state index is 4.34. The summed E-state index contributed by atoms with van der Waals surface area (Å²) in [5.74, 6) is 0. The molecule has 0 aromatic heterocycles. The molecule has 63 valence electrons. The van der Waals surface area contributed by atoms with Crippen molar-refractivity contribution >= 4 is 0 Å². The summed E-state index contributed by atoms with van der Waals surface area (Å²) in [6.07, 6.45) is 5.21. The Hall–Kier alpha value is -0.780. The van der Waals surface area contributed by atoms with Crippen molar-refractivity contribution in [2.24, 2.45) is 0 Å². The van der Waals surface area contributed by atoms with Crippen LogP contribution in [0.3, 0.4) is 0 Å². The van der Waals surface area contributed by atoms with Gasteiger partial charge in [0.05, 0.1) is 0 Å². The molecule has 0 atom stereocenters. The van der Waals surface area contributed by atoms with Crippen molar-refractivity contribution in [2.75, 3.05) is 0 Å². The molecule has 0 saturated heterocycles. The van der Waals surface area contributed by atoms with Crippen LogP contribution in [0.25, 0.3) is 0 Å². The van der Waals surface area contributed by atoms with Gasteiger partial charge in [-0.25, -0.2) is 0 Å². The van der Waals surface area contributed by atoms with E-state index in [1.807, 2.05) is 0 Å². The largest absolute Gasteiger partial charge is 0.0622 e. The van der Waals surface area contributed by atoms with Crippen LogP contribution in [0.4, 0.5) is 0 Å². The third kappa shape index (κ3) is 1.26. The molecule has 0 unspecified atom stereocenters. The first-order valence-electron chi connectivity index (χ1n) is 4.72. The minimum atomic E-state index is 0.237. The van der Waals surface area contributed by atoms with Gasteiger partial charge in [-0.1, -0.05) is 43.2 Å². The predicted octanol–water partition coefficient (Wildman–Crippen LogP) is 3.33. The van der Waals surface area contributed by atoms with E-state index in [9.17, 15) is 0 Å². The maximum Gasteiger partial charge on any atom is -0.00466 e. The zero-order valence-corrected chi connectivity index (χ0v) is 7.42. The molecule has 1 aliphatic rings. The molecule has 1 aromatic rings. The predicted molar refractivity (Wildman–Crippen MR) is 51.9 cm³/mol. The van der Waals surface area contributed by atoms with Gasteiger partial charge in [-0.05, 0) is 30.7 Å². The molecular weight excluding hydrogens is 144 g/mol. The van der Waals surface area contributed by atoms with E-state index < -0.39 is 0 Å². The number of hydrogen-bond donors (Lipinski definition) is 0. The first-order valence-corrected chi connectivity index (χ1v) is 4.72. The Labute approximate surface area is 74.6 Å². The van der Waals surface area contributed by atoms with Crippen LogP contribution in [0, 0.1) is 6.92 Å². The Kier molecular flexibility index (Phi) is 1.92.